The molecule has 0 unspecified atom stereocenters. The molecule has 1 aromatic carbocycles. The number of benzene rings is 1. The van der Waals surface area contributed by atoms with Gasteiger partial charge in [-0.3, -0.25) is 4.68 Å². The number of carbonyl (C=O) groups is 1. The smallest absolute Gasteiger partial charge is 0.343 e. The molecule has 0 aliphatic carbocycles. The fourth-order valence-electron chi connectivity index (χ4n) is 2.53. The Kier molecular flexibility index (Phi) is 4.33. The predicted molar refractivity (Wildman–Crippen MR) is 88.9 cm³/mol. The molecule has 0 saturated carbocycles. The van der Waals surface area contributed by atoms with Gasteiger partial charge in [0.25, 0.3) is 0 Å². The highest BCUT2D eigenvalue weighted by molar-refractivity contribution is 5.99. The van der Waals surface area contributed by atoms with Crippen LogP contribution in [-0.4, -0.2) is 33.1 Å². The van der Waals surface area contributed by atoms with Crippen LogP contribution in [0.3, 0.4) is 0 Å². The summed E-state index contributed by atoms with van der Waals surface area (Å²) in [7, 11) is 1.78. The lowest BCUT2D eigenvalue weighted by atomic mass is 10.1. The van der Waals surface area contributed by atoms with E-state index >= 15 is 0 Å². The van der Waals surface area contributed by atoms with Gasteiger partial charge in [0.05, 0.1) is 6.20 Å². The van der Waals surface area contributed by atoms with Crippen molar-refractivity contribution >= 4 is 11.8 Å². The maximum atomic E-state index is 11.7. The Balaban J connectivity index is 1.92. The second kappa shape index (κ2) is 6.57. The Hall–Kier alpha value is -3.09. The van der Waals surface area contributed by atoms with E-state index in [4.69, 9.17) is 4.52 Å². The Morgan fingerprint density at radius 1 is 1.33 bits per heavy atom. The maximum absolute atomic E-state index is 11.7. The number of carboxylic acid groups (broad SMARTS) is 1. The summed E-state index contributed by atoms with van der Waals surface area (Å²) >= 11 is 0. The van der Waals surface area contributed by atoms with E-state index in [1.165, 1.54) is 0 Å². The van der Waals surface area contributed by atoms with Gasteiger partial charge in [-0.15, -0.1) is 0 Å². The molecule has 24 heavy (non-hydrogen) atoms. The molecule has 0 atom stereocenters. The van der Waals surface area contributed by atoms with Crippen molar-refractivity contribution in [3.8, 4) is 11.3 Å². The minimum Gasteiger partial charge on any atom is -0.477 e. The molecule has 7 nitrogen and oxygen atoms in total. The van der Waals surface area contributed by atoms with Crippen LogP contribution in [0.15, 0.2) is 47.2 Å². The monoisotopic (exact) mass is 326 g/mol. The van der Waals surface area contributed by atoms with Gasteiger partial charge >= 0.3 is 5.97 Å². The van der Waals surface area contributed by atoms with Crippen LogP contribution in [0.2, 0.25) is 0 Å². The average Bonchev–Trinajstić information content (AvgIpc) is 3.22. The van der Waals surface area contributed by atoms with E-state index in [-0.39, 0.29) is 11.3 Å². The normalized spacial score (nSPS) is 10.8. The summed E-state index contributed by atoms with van der Waals surface area (Å²) in [6.07, 6.45) is 3.69. The molecule has 0 radical (unpaired) electrons. The van der Waals surface area contributed by atoms with Crippen molar-refractivity contribution in [2.45, 2.75) is 20.0 Å². The molecule has 2 heterocycles. The molecule has 1 N–H and O–H groups in total. The molecule has 3 rings (SSSR count). The lowest BCUT2D eigenvalue weighted by molar-refractivity contribution is 0.0698. The zero-order valence-corrected chi connectivity index (χ0v) is 13.5. The first-order valence-corrected chi connectivity index (χ1v) is 7.61. The first kappa shape index (κ1) is 15.8. The number of anilines is 1. The summed E-state index contributed by atoms with van der Waals surface area (Å²) in [5.41, 5.74) is 1.72. The Morgan fingerprint density at radius 3 is 2.71 bits per heavy atom. The fourth-order valence-corrected chi connectivity index (χ4v) is 2.53. The lowest BCUT2D eigenvalue weighted by Crippen LogP contribution is -2.19. The quantitative estimate of drug-likeness (QED) is 0.750. The van der Waals surface area contributed by atoms with E-state index in [2.05, 4.69) is 10.3 Å². The number of aromatic carboxylic acids is 1. The highest BCUT2D eigenvalue weighted by Crippen LogP contribution is 2.31. The van der Waals surface area contributed by atoms with Gasteiger partial charge in [-0.1, -0.05) is 35.5 Å². The highest BCUT2D eigenvalue weighted by atomic mass is 16.5. The summed E-state index contributed by atoms with van der Waals surface area (Å²) in [6.45, 7) is 3.28. The van der Waals surface area contributed by atoms with Crippen molar-refractivity contribution in [2.75, 3.05) is 11.9 Å². The van der Waals surface area contributed by atoms with Crippen molar-refractivity contribution in [1.82, 2.24) is 14.9 Å². The number of rotatable bonds is 6. The molecule has 0 bridgehead atoms. The number of hydrogen-bond acceptors (Lipinski definition) is 5. The summed E-state index contributed by atoms with van der Waals surface area (Å²) in [5, 5.41) is 17.8. The third-order valence-corrected chi connectivity index (χ3v) is 3.72. The lowest BCUT2D eigenvalue weighted by Gasteiger charge is -2.15. The first-order valence-electron chi connectivity index (χ1n) is 7.61. The third kappa shape index (κ3) is 3.01. The van der Waals surface area contributed by atoms with Gasteiger partial charge in [-0.2, -0.15) is 5.10 Å². The van der Waals surface area contributed by atoms with E-state index in [1.807, 2.05) is 36.0 Å². The van der Waals surface area contributed by atoms with E-state index in [0.717, 1.165) is 12.1 Å². The topological polar surface area (TPSA) is 84.4 Å². The van der Waals surface area contributed by atoms with Crippen molar-refractivity contribution in [3.63, 3.8) is 0 Å². The van der Waals surface area contributed by atoms with Crippen molar-refractivity contribution in [2.24, 2.45) is 0 Å². The second-order valence-corrected chi connectivity index (χ2v) is 5.44. The van der Waals surface area contributed by atoms with Gasteiger partial charge in [-0.25, -0.2) is 4.79 Å². The van der Waals surface area contributed by atoms with Crippen LogP contribution < -0.4 is 4.90 Å². The van der Waals surface area contributed by atoms with Crippen LogP contribution in [0.1, 0.15) is 22.8 Å². The predicted octanol–water partition coefficient (Wildman–Crippen LogP) is 2.89. The van der Waals surface area contributed by atoms with Gasteiger partial charge < -0.3 is 14.5 Å². The van der Waals surface area contributed by atoms with E-state index < -0.39 is 5.97 Å². The largest absolute Gasteiger partial charge is 0.477 e. The fraction of sp³-hybridized carbons (Fsp3) is 0.235. The second-order valence-electron chi connectivity index (χ2n) is 5.44. The van der Waals surface area contributed by atoms with Crippen LogP contribution in [0.5, 0.6) is 0 Å². The van der Waals surface area contributed by atoms with Crippen LogP contribution >= 0.6 is 0 Å². The molecular formula is C17H18N4O3. The number of hydrogen-bond donors (Lipinski definition) is 1. The standard InChI is InChI=1S/C17H18N4O3/c1-3-21-11-12(9-18-21)10-20(2)16-14(17(22)23)15(24-19-16)13-7-5-4-6-8-13/h4-9,11H,3,10H2,1-2H3,(H,22,23). The van der Waals surface area contributed by atoms with Gasteiger partial charge in [0.2, 0.25) is 0 Å². The van der Waals surface area contributed by atoms with E-state index in [0.29, 0.717) is 17.9 Å². The molecule has 0 saturated heterocycles. The number of aryl methyl sites for hydroxylation is 1. The average molecular weight is 326 g/mol. The highest BCUT2D eigenvalue weighted by Gasteiger charge is 2.26. The van der Waals surface area contributed by atoms with Crippen LogP contribution in [0.4, 0.5) is 5.82 Å². The van der Waals surface area contributed by atoms with E-state index in [9.17, 15) is 9.90 Å². The van der Waals surface area contributed by atoms with Crippen LogP contribution in [0.25, 0.3) is 11.3 Å². The summed E-state index contributed by atoms with van der Waals surface area (Å²) in [4.78, 5) is 13.5. The SMILES string of the molecule is CCn1cc(CN(C)c2noc(-c3ccccc3)c2C(=O)O)cn1. The van der Waals surface area contributed by atoms with E-state index in [1.54, 1.807) is 30.3 Å². The van der Waals surface area contributed by atoms with Gasteiger partial charge in [0, 0.05) is 37.5 Å². The number of nitrogens with zero attached hydrogens (tertiary/aromatic N) is 4. The molecule has 7 heteroatoms. The van der Waals surface area contributed by atoms with Gasteiger partial charge in [-0.05, 0) is 6.92 Å². The minimum absolute atomic E-state index is 0.0617. The van der Waals surface area contributed by atoms with Crippen LogP contribution in [0, 0.1) is 0 Å². The Bertz CT molecular complexity index is 839. The zero-order valence-electron chi connectivity index (χ0n) is 13.5. The van der Waals surface area contributed by atoms with Gasteiger partial charge in [0.1, 0.15) is 0 Å². The first-order chi connectivity index (χ1) is 11.6. The molecule has 3 aromatic rings. The molecule has 0 spiro atoms. The minimum atomic E-state index is -1.07. The molecular weight excluding hydrogens is 308 g/mol. The molecule has 0 fully saturated rings. The number of carboxylic acids is 1. The molecule has 124 valence electrons. The zero-order chi connectivity index (χ0) is 17.1. The van der Waals surface area contributed by atoms with Crippen molar-refractivity contribution < 1.29 is 14.4 Å². The van der Waals surface area contributed by atoms with Crippen LogP contribution in [-0.2, 0) is 13.1 Å². The number of aromatic nitrogens is 3. The van der Waals surface area contributed by atoms with Crippen molar-refractivity contribution in [3.05, 3.63) is 53.9 Å². The Labute approximate surface area is 139 Å². The molecule has 0 aliphatic rings. The summed E-state index contributed by atoms with van der Waals surface area (Å²) in [6, 6.07) is 9.10. The molecule has 0 amide bonds. The molecule has 0 aliphatic heterocycles. The molecule has 2 aromatic heterocycles. The Morgan fingerprint density at radius 2 is 2.08 bits per heavy atom. The van der Waals surface area contributed by atoms with Gasteiger partial charge in [0.15, 0.2) is 17.1 Å². The third-order valence-electron chi connectivity index (χ3n) is 3.72. The van der Waals surface area contributed by atoms with Crippen molar-refractivity contribution in [1.29, 1.82) is 0 Å². The summed E-state index contributed by atoms with van der Waals surface area (Å²) < 4.78 is 7.15. The summed E-state index contributed by atoms with van der Waals surface area (Å²) in [5.74, 6) is -0.513. The maximum Gasteiger partial charge on any atom is 0.343 e.